The Morgan fingerprint density at radius 1 is 1.00 bits per heavy atom. The summed E-state index contributed by atoms with van der Waals surface area (Å²) in [6, 6.07) is 1.87. The zero-order chi connectivity index (χ0) is 32.8. The molecule has 1 aromatic rings. The molecule has 0 bridgehead atoms. The second-order valence-electron chi connectivity index (χ2n) is 17.0. The summed E-state index contributed by atoms with van der Waals surface area (Å²) in [5.74, 6) is 3.28. The highest BCUT2D eigenvalue weighted by Crippen LogP contribution is 2.65. The van der Waals surface area contributed by atoms with Gasteiger partial charge in [0.05, 0.1) is 6.10 Å². The standard InChI is InChI=1S/C39H66N3O2Si/c1-28(2)45(37(4,5)6)44-34-23-24-39(9)32-20-17-29(3)30(31(32)18-21-33(39)38(34,7)8)19-22-36(43)42-25-14-12-10-11-13-16-35-40-26-15-27-41-35/h15,26-28,31-34H,10-14,16-25H2,1-9H3,(H,42,43)/t31?,32?,33?,34-,39+/m0/s1. The summed E-state index contributed by atoms with van der Waals surface area (Å²) in [4.78, 5) is 21.5. The molecule has 2 fully saturated rings. The van der Waals surface area contributed by atoms with Gasteiger partial charge in [0.15, 0.2) is 0 Å². The second kappa shape index (κ2) is 15.6. The minimum Gasteiger partial charge on any atom is -0.412 e. The first kappa shape index (κ1) is 36.3. The number of allylic oxidation sites excluding steroid dienone is 2. The van der Waals surface area contributed by atoms with Crippen LogP contribution in [0.2, 0.25) is 10.6 Å². The van der Waals surface area contributed by atoms with Crippen molar-refractivity contribution in [3.05, 3.63) is 35.4 Å². The molecule has 1 amide bonds. The molecular weight excluding hydrogens is 571 g/mol. The Morgan fingerprint density at radius 2 is 1.69 bits per heavy atom. The number of rotatable bonds is 14. The van der Waals surface area contributed by atoms with Crippen LogP contribution in [0.5, 0.6) is 0 Å². The van der Waals surface area contributed by atoms with Crippen LogP contribution in [0.4, 0.5) is 0 Å². The molecule has 0 aliphatic heterocycles. The monoisotopic (exact) mass is 636 g/mol. The van der Waals surface area contributed by atoms with Crippen LogP contribution in [0.15, 0.2) is 29.6 Å². The van der Waals surface area contributed by atoms with Crippen LogP contribution < -0.4 is 5.32 Å². The van der Waals surface area contributed by atoms with Gasteiger partial charge in [-0.1, -0.05) is 85.8 Å². The molecule has 0 spiro atoms. The molecule has 5 nitrogen and oxygen atoms in total. The molecule has 6 heteroatoms. The van der Waals surface area contributed by atoms with E-state index in [4.69, 9.17) is 4.43 Å². The lowest BCUT2D eigenvalue weighted by atomic mass is 9.43. The summed E-state index contributed by atoms with van der Waals surface area (Å²) >= 11 is 0. The molecule has 3 unspecified atom stereocenters. The van der Waals surface area contributed by atoms with E-state index in [1.165, 1.54) is 57.8 Å². The Bertz CT molecular complexity index is 1130. The fourth-order valence-corrected chi connectivity index (χ4v) is 13.0. The maximum atomic E-state index is 12.9. The third-order valence-electron chi connectivity index (χ3n) is 12.1. The minimum absolute atomic E-state index is 0.195. The van der Waals surface area contributed by atoms with Crippen LogP contribution in [-0.4, -0.2) is 37.6 Å². The molecule has 2 saturated carbocycles. The van der Waals surface area contributed by atoms with E-state index in [0.29, 0.717) is 35.3 Å². The van der Waals surface area contributed by atoms with E-state index in [9.17, 15) is 4.79 Å². The van der Waals surface area contributed by atoms with Crippen LogP contribution in [0.25, 0.3) is 0 Å². The van der Waals surface area contributed by atoms with Crippen molar-refractivity contribution >= 4 is 14.9 Å². The van der Waals surface area contributed by atoms with Crippen LogP contribution in [0, 0.1) is 28.6 Å². The van der Waals surface area contributed by atoms with Gasteiger partial charge in [0, 0.05) is 31.8 Å². The first-order valence-corrected chi connectivity index (χ1v) is 20.0. The van der Waals surface area contributed by atoms with Gasteiger partial charge in [-0.2, -0.15) is 0 Å². The van der Waals surface area contributed by atoms with Crippen molar-refractivity contribution in [1.29, 1.82) is 0 Å². The van der Waals surface area contributed by atoms with Crippen LogP contribution >= 0.6 is 0 Å². The van der Waals surface area contributed by atoms with Gasteiger partial charge in [-0.15, -0.1) is 0 Å². The molecule has 1 heterocycles. The average molecular weight is 637 g/mol. The maximum Gasteiger partial charge on any atom is 0.220 e. The highest BCUT2D eigenvalue weighted by molar-refractivity contribution is 6.56. The van der Waals surface area contributed by atoms with Crippen molar-refractivity contribution in [3.63, 3.8) is 0 Å². The number of hydrogen-bond acceptors (Lipinski definition) is 4. The zero-order valence-electron chi connectivity index (χ0n) is 30.4. The number of aromatic nitrogens is 2. The lowest BCUT2D eigenvalue weighted by molar-refractivity contribution is -0.144. The molecule has 1 aromatic heterocycles. The molecule has 1 radical (unpaired) electrons. The van der Waals surface area contributed by atoms with Crippen molar-refractivity contribution in [1.82, 2.24) is 15.3 Å². The van der Waals surface area contributed by atoms with Gasteiger partial charge < -0.3 is 9.74 Å². The Balaban J connectivity index is 1.25. The van der Waals surface area contributed by atoms with E-state index in [-0.39, 0.29) is 16.4 Å². The summed E-state index contributed by atoms with van der Waals surface area (Å²) in [6.07, 6.45) is 19.9. The van der Waals surface area contributed by atoms with E-state index in [2.05, 4.69) is 77.6 Å². The van der Waals surface area contributed by atoms with E-state index in [0.717, 1.165) is 44.0 Å². The lowest BCUT2D eigenvalue weighted by Crippen LogP contribution is -2.58. The van der Waals surface area contributed by atoms with Gasteiger partial charge in [0.25, 0.3) is 0 Å². The topological polar surface area (TPSA) is 64.1 Å². The quantitative estimate of drug-likeness (QED) is 0.125. The fourth-order valence-electron chi connectivity index (χ4n) is 9.92. The maximum absolute atomic E-state index is 12.9. The largest absolute Gasteiger partial charge is 0.412 e. The molecule has 253 valence electrons. The Kier molecular flexibility index (Phi) is 12.6. The summed E-state index contributed by atoms with van der Waals surface area (Å²) in [5.41, 5.74) is 4.39. The van der Waals surface area contributed by atoms with Gasteiger partial charge in [-0.25, -0.2) is 9.97 Å². The Morgan fingerprint density at radius 3 is 2.38 bits per heavy atom. The van der Waals surface area contributed by atoms with E-state index < -0.39 is 9.04 Å². The molecule has 5 atom stereocenters. The van der Waals surface area contributed by atoms with E-state index in [1.807, 2.05) is 18.5 Å². The Labute approximate surface area is 278 Å². The number of nitrogens with zero attached hydrogens (tertiary/aromatic N) is 2. The second-order valence-corrected chi connectivity index (χ2v) is 20.6. The van der Waals surface area contributed by atoms with Gasteiger partial charge >= 0.3 is 0 Å². The van der Waals surface area contributed by atoms with E-state index >= 15 is 0 Å². The highest BCUT2D eigenvalue weighted by Gasteiger charge is 2.59. The number of unbranched alkanes of at least 4 members (excludes halogenated alkanes) is 4. The van der Waals surface area contributed by atoms with Crippen LogP contribution in [0.1, 0.15) is 152 Å². The number of nitrogens with one attached hydrogen (secondary N) is 1. The number of carbonyl (C=O) groups is 1. The van der Waals surface area contributed by atoms with Gasteiger partial charge in [-0.05, 0) is 110 Å². The summed E-state index contributed by atoms with van der Waals surface area (Å²) < 4.78 is 7.19. The molecule has 1 N–H and O–H groups in total. The lowest BCUT2D eigenvalue weighted by Gasteiger charge is -2.63. The molecule has 3 aliphatic rings. The van der Waals surface area contributed by atoms with Crippen molar-refractivity contribution in [3.8, 4) is 0 Å². The molecule has 0 aromatic carbocycles. The van der Waals surface area contributed by atoms with Crippen molar-refractivity contribution in [2.45, 2.75) is 169 Å². The van der Waals surface area contributed by atoms with Crippen molar-refractivity contribution in [2.75, 3.05) is 6.54 Å². The van der Waals surface area contributed by atoms with Crippen molar-refractivity contribution in [2.24, 2.45) is 28.6 Å². The van der Waals surface area contributed by atoms with Crippen molar-refractivity contribution < 1.29 is 9.22 Å². The fraction of sp³-hybridized carbons (Fsp3) is 0.821. The first-order chi connectivity index (χ1) is 21.2. The number of amides is 1. The third-order valence-corrected chi connectivity index (χ3v) is 15.1. The summed E-state index contributed by atoms with van der Waals surface area (Å²) in [7, 11) is -0.930. The highest BCUT2D eigenvalue weighted by atomic mass is 28.3. The SMILES string of the molecule is CC1=C(CCC(=O)NCCCCCCCc2ncccn2)C2CCC3C(C)(C)[C@@H](O[Si](C(C)C)C(C)(C)C)CC[C@]3(C)C2CC1. The van der Waals surface area contributed by atoms with Crippen LogP contribution in [-0.2, 0) is 15.6 Å². The molecule has 4 rings (SSSR count). The zero-order valence-corrected chi connectivity index (χ0v) is 31.4. The van der Waals surface area contributed by atoms with Crippen LogP contribution in [0.3, 0.4) is 0 Å². The number of carbonyl (C=O) groups excluding carboxylic acids is 1. The molecule has 45 heavy (non-hydrogen) atoms. The predicted molar refractivity (Wildman–Crippen MR) is 189 cm³/mol. The normalized spacial score (nSPS) is 28.2. The molecule has 3 aliphatic carbocycles. The predicted octanol–water partition coefficient (Wildman–Crippen LogP) is 10.0. The summed E-state index contributed by atoms with van der Waals surface area (Å²) in [6.45, 7) is 22.8. The number of fused-ring (bicyclic) bond motifs is 3. The number of aryl methyl sites for hydroxylation is 1. The van der Waals surface area contributed by atoms with Gasteiger partial charge in [0.2, 0.25) is 14.9 Å². The number of hydrogen-bond donors (Lipinski definition) is 1. The van der Waals surface area contributed by atoms with Gasteiger partial charge in [0.1, 0.15) is 5.82 Å². The van der Waals surface area contributed by atoms with Gasteiger partial charge in [-0.3, -0.25) is 4.79 Å². The summed E-state index contributed by atoms with van der Waals surface area (Å²) in [5, 5.41) is 3.48. The smallest absolute Gasteiger partial charge is 0.220 e. The minimum atomic E-state index is -0.930. The Hall–Kier alpha value is -1.53. The molecule has 0 saturated heterocycles. The van der Waals surface area contributed by atoms with E-state index in [1.54, 1.807) is 11.1 Å². The molecular formula is C39H66N3O2Si. The third kappa shape index (κ3) is 8.89. The average Bonchev–Trinajstić information content (AvgIpc) is 2.97. The first-order valence-electron chi connectivity index (χ1n) is 18.5.